The fourth-order valence-corrected chi connectivity index (χ4v) is 5.56. The maximum atomic E-state index is 6.52. The van der Waals surface area contributed by atoms with E-state index in [-0.39, 0.29) is 6.04 Å². The van der Waals surface area contributed by atoms with Gasteiger partial charge in [0, 0.05) is 22.6 Å². The van der Waals surface area contributed by atoms with Crippen LogP contribution in [0.5, 0.6) is 0 Å². The summed E-state index contributed by atoms with van der Waals surface area (Å²) >= 11 is 19.0. The Bertz CT molecular complexity index is 859. The normalized spacial score (nSPS) is 22.1. The molecule has 2 N–H and O–H groups in total. The third-order valence-corrected chi connectivity index (χ3v) is 7.47. The van der Waals surface area contributed by atoms with Gasteiger partial charge in [-0.2, -0.15) is 0 Å². The molecule has 30 heavy (non-hydrogen) atoms. The van der Waals surface area contributed by atoms with Crippen LogP contribution in [0.1, 0.15) is 55.7 Å². The number of halogens is 3. The smallest absolute Gasteiger partial charge is 0.0637 e. The van der Waals surface area contributed by atoms with E-state index in [1.165, 1.54) is 50.9 Å². The predicted molar refractivity (Wildman–Crippen MR) is 129 cm³/mol. The maximum absolute atomic E-state index is 6.52. The summed E-state index contributed by atoms with van der Waals surface area (Å²) in [5.74, 6) is 0.588. The number of likely N-dealkylation sites (tertiary alicyclic amines) is 1. The monoisotopic (exact) mass is 465 g/mol. The van der Waals surface area contributed by atoms with Gasteiger partial charge in [0.05, 0.1) is 16.8 Å². The summed E-state index contributed by atoms with van der Waals surface area (Å²) in [7, 11) is 0. The van der Waals surface area contributed by atoms with Gasteiger partial charge in [0.25, 0.3) is 0 Å². The molecule has 2 aromatic rings. The second-order valence-corrected chi connectivity index (χ2v) is 9.83. The van der Waals surface area contributed by atoms with Gasteiger partial charge in [0.15, 0.2) is 0 Å². The maximum Gasteiger partial charge on any atom is 0.0637 e. The SMILES string of the molecule is C[C@@H](Nc1cc(C2CCN(C3CCCNC3)CC2)ccc1Cl)c1ccc(Cl)cc1Cl. The van der Waals surface area contributed by atoms with Crippen molar-refractivity contribution in [1.82, 2.24) is 10.2 Å². The molecule has 6 heteroatoms. The van der Waals surface area contributed by atoms with E-state index in [4.69, 9.17) is 34.8 Å². The molecule has 2 aliphatic heterocycles. The summed E-state index contributed by atoms with van der Waals surface area (Å²) < 4.78 is 0. The Hall–Kier alpha value is -0.970. The van der Waals surface area contributed by atoms with Crippen LogP contribution in [0.25, 0.3) is 0 Å². The molecule has 3 nitrogen and oxygen atoms in total. The number of piperidine rings is 2. The number of hydrogen-bond donors (Lipinski definition) is 2. The van der Waals surface area contributed by atoms with Crippen molar-refractivity contribution in [2.45, 2.75) is 50.6 Å². The van der Waals surface area contributed by atoms with Gasteiger partial charge in [-0.3, -0.25) is 4.90 Å². The lowest BCUT2D eigenvalue weighted by Gasteiger charge is -2.39. The Morgan fingerprint density at radius 1 is 1.00 bits per heavy atom. The Kier molecular flexibility index (Phi) is 7.48. The second kappa shape index (κ2) is 10.1. The number of nitrogens with zero attached hydrogens (tertiary/aromatic N) is 1. The van der Waals surface area contributed by atoms with Crippen LogP contribution in [0.2, 0.25) is 15.1 Å². The van der Waals surface area contributed by atoms with Crippen molar-refractivity contribution in [1.29, 1.82) is 0 Å². The van der Waals surface area contributed by atoms with Gasteiger partial charge in [-0.25, -0.2) is 0 Å². The minimum atomic E-state index is 0.0307. The van der Waals surface area contributed by atoms with Gasteiger partial charge in [0.2, 0.25) is 0 Å². The molecular formula is C24H30Cl3N3. The van der Waals surface area contributed by atoms with Crippen molar-refractivity contribution in [3.8, 4) is 0 Å². The zero-order chi connectivity index (χ0) is 21.1. The Balaban J connectivity index is 1.42. The first-order chi connectivity index (χ1) is 14.5. The van der Waals surface area contributed by atoms with Crippen LogP contribution in [0, 0.1) is 0 Å². The first-order valence-corrected chi connectivity index (χ1v) is 12.1. The third kappa shape index (κ3) is 5.26. The van der Waals surface area contributed by atoms with Crippen LogP contribution < -0.4 is 10.6 Å². The average Bonchev–Trinajstić information content (AvgIpc) is 2.76. The van der Waals surface area contributed by atoms with Gasteiger partial charge >= 0.3 is 0 Å². The molecule has 2 saturated heterocycles. The Labute approximate surface area is 195 Å². The molecule has 0 radical (unpaired) electrons. The minimum Gasteiger partial charge on any atom is -0.377 e. The summed E-state index contributed by atoms with van der Waals surface area (Å²) in [5, 5.41) is 9.14. The van der Waals surface area contributed by atoms with Crippen molar-refractivity contribution >= 4 is 40.5 Å². The molecule has 4 rings (SSSR count). The summed E-state index contributed by atoms with van der Waals surface area (Å²) in [6.07, 6.45) is 5.04. The number of benzene rings is 2. The topological polar surface area (TPSA) is 27.3 Å². The first-order valence-electron chi connectivity index (χ1n) is 11.0. The van der Waals surface area contributed by atoms with E-state index >= 15 is 0 Å². The Morgan fingerprint density at radius 2 is 1.80 bits per heavy atom. The van der Waals surface area contributed by atoms with Gasteiger partial charge in [0.1, 0.15) is 0 Å². The third-order valence-electron chi connectivity index (χ3n) is 6.58. The van der Waals surface area contributed by atoms with Crippen LogP contribution >= 0.6 is 34.8 Å². The van der Waals surface area contributed by atoms with E-state index < -0.39 is 0 Å². The largest absolute Gasteiger partial charge is 0.377 e. The molecule has 0 amide bonds. The zero-order valence-electron chi connectivity index (χ0n) is 17.4. The highest BCUT2D eigenvalue weighted by atomic mass is 35.5. The van der Waals surface area contributed by atoms with E-state index in [2.05, 4.69) is 34.6 Å². The van der Waals surface area contributed by atoms with Crippen LogP contribution in [-0.4, -0.2) is 37.1 Å². The lowest BCUT2D eigenvalue weighted by molar-refractivity contribution is 0.130. The molecule has 2 heterocycles. The molecule has 0 saturated carbocycles. The van der Waals surface area contributed by atoms with Crippen LogP contribution in [-0.2, 0) is 0 Å². The van der Waals surface area contributed by atoms with Crippen molar-refractivity contribution in [3.63, 3.8) is 0 Å². The van der Waals surface area contributed by atoms with Crippen LogP contribution in [0.3, 0.4) is 0 Å². The van der Waals surface area contributed by atoms with E-state index in [0.717, 1.165) is 22.8 Å². The lowest BCUT2D eigenvalue weighted by atomic mass is 9.88. The number of anilines is 1. The molecule has 1 unspecified atom stereocenters. The fraction of sp³-hybridized carbons (Fsp3) is 0.500. The molecule has 0 spiro atoms. The molecule has 2 atom stereocenters. The van der Waals surface area contributed by atoms with E-state index in [1.54, 1.807) is 6.07 Å². The summed E-state index contributed by atoms with van der Waals surface area (Å²) in [4.78, 5) is 2.68. The van der Waals surface area contributed by atoms with Crippen molar-refractivity contribution in [2.75, 3.05) is 31.5 Å². The van der Waals surface area contributed by atoms with Crippen LogP contribution in [0.15, 0.2) is 36.4 Å². The van der Waals surface area contributed by atoms with Gasteiger partial charge < -0.3 is 10.6 Å². The van der Waals surface area contributed by atoms with Gasteiger partial charge in [-0.15, -0.1) is 0 Å². The van der Waals surface area contributed by atoms with Gasteiger partial charge in [-0.05, 0) is 93.6 Å². The van der Waals surface area contributed by atoms with Crippen molar-refractivity contribution in [3.05, 3.63) is 62.6 Å². The second-order valence-electron chi connectivity index (χ2n) is 8.58. The summed E-state index contributed by atoms with van der Waals surface area (Å²) in [5.41, 5.74) is 3.35. The number of rotatable bonds is 5. The molecular weight excluding hydrogens is 437 g/mol. The highest BCUT2D eigenvalue weighted by molar-refractivity contribution is 6.35. The molecule has 2 aliphatic rings. The highest BCUT2D eigenvalue weighted by Crippen LogP contribution is 2.36. The average molecular weight is 467 g/mol. The predicted octanol–water partition coefficient (Wildman–Crippen LogP) is 6.75. The van der Waals surface area contributed by atoms with Crippen LogP contribution in [0.4, 0.5) is 5.69 Å². The summed E-state index contributed by atoms with van der Waals surface area (Å²) in [6.45, 7) is 6.77. The quantitative estimate of drug-likeness (QED) is 0.510. The van der Waals surface area contributed by atoms with Crippen molar-refractivity contribution in [2.24, 2.45) is 0 Å². The highest BCUT2D eigenvalue weighted by Gasteiger charge is 2.27. The molecule has 0 aromatic heterocycles. The van der Waals surface area contributed by atoms with E-state index in [1.807, 2.05) is 18.2 Å². The molecule has 0 bridgehead atoms. The molecule has 2 fully saturated rings. The summed E-state index contributed by atoms with van der Waals surface area (Å²) in [6, 6.07) is 12.8. The Morgan fingerprint density at radius 3 is 2.50 bits per heavy atom. The molecule has 0 aliphatic carbocycles. The minimum absolute atomic E-state index is 0.0307. The number of nitrogens with one attached hydrogen (secondary N) is 2. The zero-order valence-corrected chi connectivity index (χ0v) is 19.7. The number of hydrogen-bond acceptors (Lipinski definition) is 3. The molecule has 162 valence electrons. The molecule has 2 aromatic carbocycles. The van der Waals surface area contributed by atoms with Crippen molar-refractivity contribution < 1.29 is 0 Å². The standard InChI is InChI=1S/C24H30Cl3N3/c1-16(21-6-5-19(25)14-23(21)27)29-24-13-18(4-7-22(24)26)17-8-11-30(12-9-17)20-3-2-10-28-15-20/h4-7,13-14,16-17,20,28-29H,2-3,8-12,15H2,1H3/t16-,20?/m1/s1. The van der Waals surface area contributed by atoms with E-state index in [0.29, 0.717) is 22.0 Å². The fourth-order valence-electron chi connectivity index (χ4n) is 4.81. The lowest BCUT2D eigenvalue weighted by Crippen LogP contribution is -2.48. The van der Waals surface area contributed by atoms with E-state index in [9.17, 15) is 0 Å². The van der Waals surface area contributed by atoms with Gasteiger partial charge in [-0.1, -0.05) is 46.9 Å². The first kappa shape index (κ1) is 22.2.